The Balaban J connectivity index is 2.16. The van der Waals surface area contributed by atoms with E-state index in [1.54, 1.807) is 0 Å². The molecule has 3 nitrogen and oxygen atoms in total. The van der Waals surface area contributed by atoms with Crippen molar-refractivity contribution in [2.24, 2.45) is 0 Å². The molecule has 0 aromatic carbocycles. The van der Waals surface area contributed by atoms with Crippen molar-refractivity contribution in [1.82, 2.24) is 10.2 Å². The van der Waals surface area contributed by atoms with E-state index in [1.807, 2.05) is 6.92 Å². The molecule has 0 saturated heterocycles. The molecule has 104 valence electrons. The van der Waals surface area contributed by atoms with Gasteiger partial charge in [-0.25, -0.2) is 0 Å². The number of hydrogen-bond acceptors (Lipinski definition) is 3. The molecular formula is C15H29N3. The van der Waals surface area contributed by atoms with Gasteiger partial charge >= 0.3 is 0 Å². The lowest BCUT2D eigenvalue weighted by Gasteiger charge is -2.24. The topological polar surface area (TPSA) is 39.1 Å². The smallest absolute Gasteiger partial charge is 0.103 e. The monoisotopic (exact) mass is 251 g/mol. The summed E-state index contributed by atoms with van der Waals surface area (Å²) in [5.41, 5.74) is -0.327. The fourth-order valence-electron chi connectivity index (χ4n) is 2.42. The second kappa shape index (κ2) is 7.76. The maximum atomic E-state index is 9.24. The SMILES string of the molecule is CCCNC(C)(C#N)CCCCN(CC)C1CC1. The normalized spacial score (nSPS) is 18.6. The molecule has 0 amide bonds. The van der Waals surface area contributed by atoms with Crippen LogP contribution in [0.2, 0.25) is 0 Å². The molecule has 0 aliphatic heterocycles. The Morgan fingerprint density at radius 2 is 2.06 bits per heavy atom. The number of unbranched alkanes of at least 4 members (excludes halogenated alkanes) is 1. The average Bonchev–Trinajstić information content (AvgIpc) is 3.21. The Morgan fingerprint density at radius 3 is 2.56 bits per heavy atom. The first kappa shape index (κ1) is 15.5. The summed E-state index contributed by atoms with van der Waals surface area (Å²) in [6.07, 6.45) is 7.19. The van der Waals surface area contributed by atoms with Crippen LogP contribution in [-0.4, -0.2) is 36.1 Å². The highest BCUT2D eigenvalue weighted by Gasteiger charge is 2.27. The van der Waals surface area contributed by atoms with E-state index in [0.29, 0.717) is 0 Å². The summed E-state index contributed by atoms with van der Waals surface area (Å²) in [7, 11) is 0. The molecule has 0 heterocycles. The van der Waals surface area contributed by atoms with Gasteiger partial charge in [-0.15, -0.1) is 0 Å². The van der Waals surface area contributed by atoms with Gasteiger partial charge in [0.2, 0.25) is 0 Å². The quantitative estimate of drug-likeness (QED) is 0.607. The summed E-state index contributed by atoms with van der Waals surface area (Å²) >= 11 is 0. The maximum Gasteiger partial charge on any atom is 0.103 e. The zero-order chi connectivity index (χ0) is 13.4. The van der Waals surface area contributed by atoms with Gasteiger partial charge in [0.15, 0.2) is 0 Å². The number of rotatable bonds is 10. The van der Waals surface area contributed by atoms with Gasteiger partial charge < -0.3 is 4.90 Å². The average molecular weight is 251 g/mol. The van der Waals surface area contributed by atoms with Gasteiger partial charge in [-0.2, -0.15) is 5.26 Å². The van der Waals surface area contributed by atoms with E-state index in [9.17, 15) is 5.26 Å². The first-order chi connectivity index (χ1) is 8.65. The van der Waals surface area contributed by atoms with Crippen molar-refractivity contribution in [3.05, 3.63) is 0 Å². The fraction of sp³-hybridized carbons (Fsp3) is 0.933. The summed E-state index contributed by atoms with van der Waals surface area (Å²) in [6.45, 7) is 9.74. The van der Waals surface area contributed by atoms with Crippen molar-refractivity contribution in [2.75, 3.05) is 19.6 Å². The van der Waals surface area contributed by atoms with E-state index in [4.69, 9.17) is 0 Å². The highest BCUT2D eigenvalue weighted by Crippen LogP contribution is 2.26. The van der Waals surface area contributed by atoms with Crippen molar-refractivity contribution in [1.29, 1.82) is 5.26 Å². The molecule has 0 aromatic heterocycles. The van der Waals surface area contributed by atoms with Crippen molar-refractivity contribution in [3.8, 4) is 6.07 Å². The Kier molecular flexibility index (Phi) is 6.67. The lowest BCUT2D eigenvalue weighted by Crippen LogP contribution is -2.41. The van der Waals surface area contributed by atoms with Crippen LogP contribution in [0.4, 0.5) is 0 Å². The zero-order valence-electron chi connectivity index (χ0n) is 12.3. The van der Waals surface area contributed by atoms with Crippen molar-refractivity contribution in [2.45, 2.75) is 70.9 Å². The van der Waals surface area contributed by atoms with E-state index in [2.05, 4.69) is 30.1 Å². The molecule has 3 heteroatoms. The summed E-state index contributed by atoms with van der Waals surface area (Å²) in [5.74, 6) is 0. The first-order valence-corrected chi connectivity index (χ1v) is 7.55. The first-order valence-electron chi connectivity index (χ1n) is 7.55. The van der Waals surface area contributed by atoms with Crippen molar-refractivity contribution < 1.29 is 0 Å². The van der Waals surface area contributed by atoms with Crippen LogP contribution >= 0.6 is 0 Å². The van der Waals surface area contributed by atoms with Gasteiger partial charge in [-0.3, -0.25) is 5.32 Å². The third-order valence-electron chi connectivity index (χ3n) is 3.85. The van der Waals surface area contributed by atoms with Crippen LogP contribution < -0.4 is 5.32 Å². The molecule has 0 aromatic rings. The van der Waals surface area contributed by atoms with Gasteiger partial charge in [-0.1, -0.05) is 13.8 Å². The lowest BCUT2D eigenvalue weighted by atomic mass is 9.96. The van der Waals surface area contributed by atoms with E-state index in [1.165, 1.54) is 32.4 Å². The largest absolute Gasteiger partial charge is 0.301 e. The summed E-state index contributed by atoms with van der Waals surface area (Å²) in [6, 6.07) is 3.30. The summed E-state index contributed by atoms with van der Waals surface area (Å²) in [4.78, 5) is 2.59. The molecule has 1 saturated carbocycles. The third kappa shape index (κ3) is 5.37. The minimum absolute atomic E-state index is 0.327. The predicted molar refractivity (Wildman–Crippen MR) is 76.4 cm³/mol. The van der Waals surface area contributed by atoms with Gasteiger partial charge in [0.1, 0.15) is 5.54 Å². The van der Waals surface area contributed by atoms with Gasteiger partial charge in [0.25, 0.3) is 0 Å². The maximum absolute atomic E-state index is 9.24. The van der Waals surface area contributed by atoms with Crippen LogP contribution in [-0.2, 0) is 0 Å². The summed E-state index contributed by atoms with van der Waals surface area (Å²) < 4.78 is 0. The van der Waals surface area contributed by atoms with Gasteiger partial charge in [0, 0.05) is 6.04 Å². The Hall–Kier alpha value is -0.590. The molecule has 0 radical (unpaired) electrons. The summed E-state index contributed by atoms with van der Waals surface area (Å²) in [5, 5.41) is 12.6. The molecule has 1 aliphatic carbocycles. The molecule has 1 atom stereocenters. The minimum atomic E-state index is -0.327. The number of nitriles is 1. The Morgan fingerprint density at radius 1 is 1.33 bits per heavy atom. The van der Waals surface area contributed by atoms with E-state index in [0.717, 1.165) is 31.8 Å². The Bertz CT molecular complexity index is 267. The fourth-order valence-corrected chi connectivity index (χ4v) is 2.42. The zero-order valence-corrected chi connectivity index (χ0v) is 12.3. The molecular weight excluding hydrogens is 222 g/mol. The van der Waals surface area contributed by atoms with Crippen molar-refractivity contribution >= 4 is 0 Å². The van der Waals surface area contributed by atoms with Gasteiger partial charge in [-0.05, 0) is 65.1 Å². The number of nitrogens with one attached hydrogen (secondary N) is 1. The van der Waals surface area contributed by atoms with Crippen LogP contribution in [0.3, 0.4) is 0 Å². The van der Waals surface area contributed by atoms with Crippen LogP contribution in [0.1, 0.15) is 59.3 Å². The Labute approximate surface area is 113 Å². The van der Waals surface area contributed by atoms with E-state index < -0.39 is 0 Å². The minimum Gasteiger partial charge on any atom is -0.301 e. The molecule has 1 N–H and O–H groups in total. The number of hydrogen-bond donors (Lipinski definition) is 1. The third-order valence-corrected chi connectivity index (χ3v) is 3.85. The predicted octanol–water partition coefficient (Wildman–Crippen LogP) is 2.92. The van der Waals surface area contributed by atoms with Crippen LogP contribution in [0, 0.1) is 11.3 Å². The highest BCUT2D eigenvalue weighted by atomic mass is 15.2. The van der Waals surface area contributed by atoms with E-state index >= 15 is 0 Å². The number of nitrogens with zero attached hydrogens (tertiary/aromatic N) is 2. The second-order valence-electron chi connectivity index (χ2n) is 5.69. The standard InChI is InChI=1S/C15H29N3/c1-4-11-17-15(3,13-16)10-6-7-12-18(5-2)14-8-9-14/h14,17H,4-12H2,1-3H3. The molecule has 1 aliphatic rings. The molecule has 0 bridgehead atoms. The second-order valence-corrected chi connectivity index (χ2v) is 5.69. The van der Waals surface area contributed by atoms with E-state index in [-0.39, 0.29) is 5.54 Å². The van der Waals surface area contributed by atoms with Crippen LogP contribution in [0.5, 0.6) is 0 Å². The van der Waals surface area contributed by atoms with Gasteiger partial charge in [0.05, 0.1) is 6.07 Å². The van der Waals surface area contributed by atoms with Crippen LogP contribution in [0.15, 0.2) is 0 Å². The van der Waals surface area contributed by atoms with Crippen LogP contribution in [0.25, 0.3) is 0 Å². The highest BCUT2D eigenvalue weighted by molar-refractivity contribution is 5.03. The van der Waals surface area contributed by atoms with Crippen molar-refractivity contribution in [3.63, 3.8) is 0 Å². The molecule has 1 unspecified atom stereocenters. The molecule has 18 heavy (non-hydrogen) atoms. The molecule has 1 rings (SSSR count). The molecule has 1 fully saturated rings. The molecule has 0 spiro atoms. The lowest BCUT2D eigenvalue weighted by molar-refractivity contribution is 0.266.